The van der Waals surface area contributed by atoms with Crippen LogP contribution in [0, 0.1) is 35.5 Å². The lowest BCUT2D eigenvalue weighted by atomic mass is 10.00. The van der Waals surface area contributed by atoms with Gasteiger partial charge in [-0.3, -0.25) is 0 Å². The highest BCUT2D eigenvalue weighted by molar-refractivity contribution is 4.96. The lowest BCUT2D eigenvalue weighted by molar-refractivity contribution is 0.495. The van der Waals surface area contributed by atoms with Gasteiger partial charge in [0, 0.05) is 0 Å². The van der Waals surface area contributed by atoms with Crippen molar-refractivity contribution in [3.8, 4) is 0 Å². The van der Waals surface area contributed by atoms with Crippen LogP contribution in [0.15, 0.2) is 60.3 Å². The van der Waals surface area contributed by atoms with Crippen LogP contribution in [-0.2, 0) is 0 Å². The third-order valence-corrected chi connectivity index (χ3v) is 9.36. The van der Waals surface area contributed by atoms with Gasteiger partial charge in [0.2, 0.25) is 0 Å². The lowest BCUT2D eigenvalue weighted by Crippen LogP contribution is -1.92. The quantitative estimate of drug-likeness (QED) is 0.0931. The Bertz CT molecular complexity index is 766. The molecule has 0 aliphatic heterocycles. The fraction of sp³-hybridized carbons (Fsp3) is 0.800. The summed E-state index contributed by atoms with van der Waals surface area (Å²) in [5.41, 5.74) is 5.70. The molecule has 0 rings (SSSR count). The molecule has 0 heteroatoms. The smallest absolute Gasteiger partial charge is 0.0265 e. The molecule has 3 unspecified atom stereocenters. The summed E-state index contributed by atoms with van der Waals surface area (Å²) in [5.74, 6) is 5.07. The summed E-state index contributed by atoms with van der Waals surface area (Å²) in [6.07, 6.45) is 28.7. The van der Waals surface area contributed by atoms with Crippen LogP contribution >= 0.6 is 0 Å². The normalized spacial score (nSPS) is 12.5. The van der Waals surface area contributed by atoms with Gasteiger partial charge in [-0.05, 0) is 134 Å². The molecule has 50 heavy (non-hydrogen) atoms. The van der Waals surface area contributed by atoms with E-state index in [-0.39, 0.29) is 0 Å². The Kier molecular flexibility index (Phi) is 50.9. The molecule has 0 saturated heterocycles. The van der Waals surface area contributed by atoms with Gasteiger partial charge in [-0.25, -0.2) is 0 Å². The summed E-state index contributed by atoms with van der Waals surface area (Å²) in [6.45, 7) is 49.7. The van der Waals surface area contributed by atoms with Gasteiger partial charge in [-0.15, -0.1) is 13.2 Å². The van der Waals surface area contributed by atoms with E-state index in [0.29, 0.717) is 5.92 Å². The van der Waals surface area contributed by atoms with Gasteiger partial charge in [-0.2, -0.15) is 0 Å². The molecule has 0 radical (unpaired) electrons. The van der Waals surface area contributed by atoms with Crippen LogP contribution in [0.2, 0.25) is 0 Å². The van der Waals surface area contributed by atoms with Gasteiger partial charge < -0.3 is 0 Å². The average molecular weight is 701 g/mol. The van der Waals surface area contributed by atoms with E-state index in [9.17, 15) is 0 Å². The first-order valence-corrected chi connectivity index (χ1v) is 21.5. The van der Waals surface area contributed by atoms with Gasteiger partial charge in [0.05, 0.1) is 0 Å². The molecule has 0 aliphatic rings. The number of rotatable bonds is 23. The fourth-order valence-corrected chi connectivity index (χ4v) is 4.53. The largest absolute Gasteiger partial charge is 0.103 e. The highest BCUT2D eigenvalue weighted by atomic mass is 14.0. The van der Waals surface area contributed by atoms with Crippen LogP contribution in [0.3, 0.4) is 0 Å². The Labute approximate surface area is 321 Å². The van der Waals surface area contributed by atoms with Gasteiger partial charge in [-0.1, -0.05) is 176 Å². The Balaban J connectivity index is -0.000000169. The molecule has 0 amide bonds. The average Bonchev–Trinajstić information content (AvgIpc) is 3.04. The number of hydrogen-bond donors (Lipinski definition) is 0. The molecule has 3 atom stereocenters. The molecule has 0 aliphatic carbocycles. The molecule has 0 saturated carbocycles. The van der Waals surface area contributed by atoms with Crippen molar-refractivity contribution in [2.75, 3.05) is 0 Å². The molecule has 0 heterocycles. The van der Waals surface area contributed by atoms with Crippen LogP contribution in [0.1, 0.15) is 227 Å². The molecule has 0 N–H and O–H groups in total. The van der Waals surface area contributed by atoms with Gasteiger partial charge in [0.1, 0.15) is 0 Å². The molecule has 0 aromatic heterocycles. The molecule has 300 valence electrons. The van der Waals surface area contributed by atoms with Crippen molar-refractivity contribution >= 4 is 0 Å². The minimum Gasteiger partial charge on any atom is -0.103 e. The van der Waals surface area contributed by atoms with Crippen LogP contribution in [0.4, 0.5) is 0 Å². The highest BCUT2D eigenvalue weighted by Crippen LogP contribution is 2.15. The van der Waals surface area contributed by atoms with E-state index >= 15 is 0 Å². The second-order valence-electron chi connectivity index (χ2n) is 17.0. The zero-order chi connectivity index (χ0) is 39.9. The molecule has 0 aromatic rings. The summed E-state index contributed by atoms with van der Waals surface area (Å²) < 4.78 is 0. The van der Waals surface area contributed by atoms with E-state index in [1.54, 1.807) is 0 Å². The van der Waals surface area contributed by atoms with E-state index in [0.717, 1.165) is 36.0 Å². The maximum absolute atomic E-state index is 3.97. The van der Waals surface area contributed by atoms with Crippen molar-refractivity contribution in [2.45, 2.75) is 227 Å². The van der Waals surface area contributed by atoms with E-state index in [2.05, 4.69) is 150 Å². The minimum atomic E-state index is 0.707. The van der Waals surface area contributed by atoms with Crippen molar-refractivity contribution in [2.24, 2.45) is 35.5 Å². The van der Waals surface area contributed by atoms with E-state index in [1.165, 1.54) is 125 Å². The van der Waals surface area contributed by atoms with Crippen LogP contribution in [0.25, 0.3) is 0 Å². The summed E-state index contributed by atoms with van der Waals surface area (Å²) in [5, 5.41) is 0. The van der Waals surface area contributed by atoms with Gasteiger partial charge in [0.15, 0.2) is 0 Å². The lowest BCUT2D eigenvalue weighted by Gasteiger charge is -2.06. The SMILES string of the molecule is C=C(C)CCCC(C)CC.C=C(CC)CCCC(C)C.C=CC(C)CCCC(C)C.CC/C(C)=C/CCC(C)C.CCC(C)CCC=C(C)C. The first-order valence-electron chi connectivity index (χ1n) is 21.5. The predicted molar refractivity (Wildman–Crippen MR) is 241 cm³/mol. The second kappa shape index (κ2) is 43.9. The molecule has 0 fully saturated rings. The predicted octanol–water partition coefficient (Wildman–Crippen LogP) is 18.8. The van der Waals surface area contributed by atoms with Crippen molar-refractivity contribution in [3.05, 3.63) is 60.3 Å². The van der Waals surface area contributed by atoms with Crippen molar-refractivity contribution in [1.82, 2.24) is 0 Å². The standard InChI is InChI=1S/5C10H20/c5*1-5-10(4)8-6-7-9(2)3/h8-9H,5-7H2,1-4H3;7,10H,5-6,8H2,1-4H3;9H,4-8H2,1-3H3;10H,2,5-8H2,1,3-4H3;5,9-10H,1,6-8H2,2-4H3/b10-8+;;;;. The van der Waals surface area contributed by atoms with E-state index < -0.39 is 0 Å². The molecule has 0 aromatic carbocycles. The Hall–Kier alpha value is -1.30. The first kappa shape index (κ1) is 58.0. The number of allylic oxidation sites excluding steroid dienone is 7. The summed E-state index contributed by atoms with van der Waals surface area (Å²) in [7, 11) is 0. The maximum Gasteiger partial charge on any atom is -0.0265 e. The van der Waals surface area contributed by atoms with Crippen LogP contribution in [-0.4, -0.2) is 0 Å². The van der Waals surface area contributed by atoms with Crippen molar-refractivity contribution < 1.29 is 0 Å². The molecular weight excluding hydrogens is 601 g/mol. The van der Waals surface area contributed by atoms with Crippen LogP contribution in [0.5, 0.6) is 0 Å². The van der Waals surface area contributed by atoms with Gasteiger partial charge in [0.25, 0.3) is 0 Å². The summed E-state index contributed by atoms with van der Waals surface area (Å²) in [4.78, 5) is 0. The third kappa shape index (κ3) is 65.1. The van der Waals surface area contributed by atoms with Crippen LogP contribution < -0.4 is 0 Å². The monoisotopic (exact) mass is 701 g/mol. The minimum absolute atomic E-state index is 0.707. The zero-order valence-electron chi connectivity index (χ0n) is 38.3. The Morgan fingerprint density at radius 2 is 0.980 bits per heavy atom. The van der Waals surface area contributed by atoms with Gasteiger partial charge >= 0.3 is 0 Å². The third-order valence-electron chi connectivity index (χ3n) is 9.36. The first-order chi connectivity index (χ1) is 23.3. The topological polar surface area (TPSA) is 0 Å². The Morgan fingerprint density at radius 1 is 0.520 bits per heavy atom. The Morgan fingerprint density at radius 3 is 1.38 bits per heavy atom. The zero-order valence-corrected chi connectivity index (χ0v) is 38.3. The molecular formula is C50H100. The number of hydrogen-bond acceptors (Lipinski definition) is 0. The molecule has 0 bridgehead atoms. The van der Waals surface area contributed by atoms with Crippen molar-refractivity contribution in [3.63, 3.8) is 0 Å². The fourth-order valence-electron chi connectivity index (χ4n) is 4.53. The summed E-state index contributed by atoms with van der Waals surface area (Å²) >= 11 is 0. The second-order valence-corrected chi connectivity index (χ2v) is 17.0. The molecule has 0 nitrogen and oxygen atoms in total. The highest BCUT2D eigenvalue weighted by Gasteiger charge is 1.99. The maximum atomic E-state index is 3.97. The van der Waals surface area contributed by atoms with Crippen molar-refractivity contribution in [1.29, 1.82) is 0 Å². The van der Waals surface area contributed by atoms with E-state index in [1.807, 2.05) is 6.08 Å². The van der Waals surface area contributed by atoms with E-state index in [4.69, 9.17) is 0 Å². The summed E-state index contributed by atoms with van der Waals surface area (Å²) in [6, 6.07) is 0. The molecule has 0 spiro atoms.